The monoisotopic (exact) mass is 360 g/mol. The van der Waals surface area contributed by atoms with Crippen LogP contribution in [0.25, 0.3) is 0 Å². The molecule has 0 spiro atoms. The number of rotatable bonds is 5. The Hall–Kier alpha value is -2.74. The number of benzene rings is 1. The van der Waals surface area contributed by atoms with Gasteiger partial charge in [-0.05, 0) is 32.0 Å². The van der Waals surface area contributed by atoms with Crippen molar-refractivity contribution >= 4 is 23.3 Å². The molecule has 3 rings (SSSR count). The summed E-state index contributed by atoms with van der Waals surface area (Å²) in [4.78, 5) is 27.3. The van der Waals surface area contributed by atoms with E-state index in [9.17, 15) is 14.0 Å². The number of nitrogens with one attached hydrogen (secondary N) is 1. The van der Waals surface area contributed by atoms with Crippen molar-refractivity contribution in [3.63, 3.8) is 0 Å². The van der Waals surface area contributed by atoms with E-state index in [1.54, 1.807) is 25.1 Å². The fourth-order valence-corrected chi connectivity index (χ4v) is 2.93. The van der Waals surface area contributed by atoms with Crippen molar-refractivity contribution in [2.45, 2.75) is 13.8 Å². The number of hydrogen-bond acceptors (Lipinski definition) is 6. The molecule has 1 aromatic carbocycles. The Morgan fingerprint density at radius 3 is 2.54 bits per heavy atom. The molecule has 2 aromatic rings. The van der Waals surface area contributed by atoms with Crippen LogP contribution in [0.15, 0.2) is 28.8 Å². The van der Waals surface area contributed by atoms with Gasteiger partial charge in [0.05, 0.1) is 17.9 Å². The number of nitrogens with zero attached hydrogens (tertiary/aromatic N) is 3. The molecular formula is C18H21FN4O3. The molecule has 26 heavy (non-hydrogen) atoms. The first-order chi connectivity index (χ1) is 12.4. The minimum absolute atomic E-state index is 0.159. The maximum Gasteiger partial charge on any atom is 0.240 e. The van der Waals surface area contributed by atoms with Crippen LogP contribution < -0.4 is 10.2 Å². The number of aryl methyl sites for hydroxylation is 1. The predicted molar refractivity (Wildman–Crippen MR) is 94.9 cm³/mol. The lowest BCUT2D eigenvalue weighted by Crippen LogP contribution is -2.48. The van der Waals surface area contributed by atoms with E-state index in [4.69, 9.17) is 4.52 Å². The largest absolute Gasteiger partial charge is 0.367 e. The Morgan fingerprint density at radius 2 is 1.96 bits per heavy atom. The van der Waals surface area contributed by atoms with Gasteiger partial charge in [0.25, 0.3) is 0 Å². The van der Waals surface area contributed by atoms with E-state index < -0.39 is 5.82 Å². The summed E-state index contributed by atoms with van der Waals surface area (Å²) in [7, 11) is 0. The highest BCUT2D eigenvalue weighted by atomic mass is 19.1. The van der Waals surface area contributed by atoms with Gasteiger partial charge in [-0.25, -0.2) is 4.39 Å². The smallest absolute Gasteiger partial charge is 0.240 e. The number of anilines is 2. The number of amides is 1. The molecule has 2 heterocycles. The van der Waals surface area contributed by atoms with Crippen molar-refractivity contribution in [2.24, 2.45) is 0 Å². The Balaban J connectivity index is 1.52. The van der Waals surface area contributed by atoms with E-state index in [-0.39, 0.29) is 18.2 Å². The third kappa shape index (κ3) is 4.26. The van der Waals surface area contributed by atoms with Crippen LogP contribution >= 0.6 is 0 Å². The predicted octanol–water partition coefficient (Wildman–Crippen LogP) is 2.09. The molecular weight excluding hydrogens is 339 g/mol. The van der Waals surface area contributed by atoms with E-state index in [2.05, 4.69) is 10.5 Å². The standard InChI is InChI=1S/C18H21FN4O3/c1-12-9-18(26-21-12)20-17(25)11-22-5-7-23(8-6-22)16-4-3-14(13(2)24)10-15(16)19/h3-4,9-10H,5-8,11H2,1-2H3,(H,20,25). The van der Waals surface area contributed by atoms with Crippen molar-refractivity contribution in [2.75, 3.05) is 42.9 Å². The topological polar surface area (TPSA) is 78.7 Å². The molecule has 0 aliphatic carbocycles. The van der Waals surface area contributed by atoms with Gasteiger partial charge in [0, 0.05) is 37.8 Å². The average Bonchev–Trinajstić information content (AvgIpc) is 3.00. The summed E-state index contributed by atoms with van der Waals surface area (Å²) in [6, 6.07) is 6.21. The number of halogens is 1. The highest BCUT2D eigenvalue weighted by molar-refractivity contribution is 5.94. The number of carbonyl (C=O) groups is 2. The van der Waals surface area contributed by atoms with Gasteiger partial charge in [0.15, 0.2) is 5.78 Å². The van der Waals surface area contributed by atoms with Gasteiger partial charge in [-0.3, -0.25) is 19.8 Å². The lowest BCUT2D eigenvalue weighted by molar-refractivity contribution is -0.117. The van der Waals surface area contributed by atoms with Crippen LogP contribution in [0.3, 0.4) is 0 Å². The molecule has 1 N–H and O–H groups in total. The maximum absolute atomic E-state index is 14.3. The number of Topliss-reactive ketones (excluding diaryl/α,β-unsaturated/α-hetero) is 1. The van der Waals surface area contributed by atoms with Crippen LogP contribution in [0.1, 0.15) is 23.0 Å². The highest BCUT2D eigenvalue weighted by Crippen LogP contribution is 2.22. The van der Waals surface area contributed by atoms with E-state index in [0.29, 0.717) is 49.0 Å². The van der Waals surface area contributed by atoms with Crippen LogP contribution in [0.2, 0.25) is 0 Å². The van der Waals surface area contributed by atoms with E-state index in [0.717, 1.165) is 0 Å². The van der Waals surface area contributed by atoms with Crippen LogP contribution in [-0.2, 0) is 4.79 Å². The lowest BCUT2D eigenvalue weighted by Gasteiger charge is -2.35. The number of hydrogen-bond donors (Lipinski definition) is 1. The molecule has 1 fully saturated rings. The SMILES string of the molecule is CC(=O)c1ccc(N2CCN(CC(=O)Nc3cc(C)no3)CC2)c(F)c1. The maximum atomic E-state index is 14.3. The molecule has 0 radical (unpaired) electrons. The van der Waals surface area contributed by atoms with Crippen LogP contribution in [-0.4, -0.2) is 54.5 Å². The zero-order chi connectivity index (χ0) is 18.7. The summed E-state index contributed by atoms with van der Waals surface area (Å²) in [6.45, 7) is 5.90. The third-order valence-corrected chi connectivity index (χ3v) is 4.32. The summed E-state index contributed by atoms with van der Waals surface area (Å²) >= 11 is 0. The summed E-state index contributed by atoms with van der Waals surface area (Å²) in [5, 5.41) is 6.38. The van der Waals surface area contributed by atoms with Crippen molar-refractivity contribution in [3.05, 3.63) is 41.3 Å². The molecule has 8 heteroatoms. The summed E-state index contributed by atoms with van der Waals surface area (Å²) in [6.07, 6.45) is 0. The first-order valence-electron chi connectivity index (χ1n) is 8.43. The Morgan fingerprint density at radius 1 is 1.23 bits per heavy atom. The van der Waals surface area contributed by atoms with E-state index in [1.165, 1.54) is 13.0 Å². The van der Waals surface area contributed by atoms with E-state index >= 15 is 0 Å². The van der Waals surface area contributed by atoms with Crippen molar-refractivity contribution in [3.8, 4) is 0 Å². The summed E-state index contributed by atoms with van der Waals surface area (Å²) in [5.41, 5.74) is 1.55. The molecule has 1 aliphatic heterocycles. The zero-order valence-electron chi connectivity index (χ0n) is 14.8. The Labute approximate surface area is 150 Å². The molecule has 1 amide bonds. The van der Waals surface area contributed by atoms with Gasteiger partial charge in [-0.15, -0.1) is 0 Å². The molecule has 0 bridgehead atoms. The van der Waals surface area contributed by atoms with Crippen LogP contribution in [0, 0.1) is 12.7 Å². The molecule has 1 aliphatic rings. The van der Waals surface area contributed by atoms with Gasteiger partial charge < -0.3 is 9.42 Å². The van der Waals surface area contributed by atoms with Crippen LogP contribution in [0.4, 0.5) is 16.0 Å². The molecule has 0 atom stereocenters. The number of aromatic nitrogens is 1. The van der Waals surface area contributed by atoms with Crippen molar-refractivity contribution in [1.29, 1.82) is 0 Å². The lowest BCUT2D eigenvalue weighted by atomic mass is 10.1. The Bertz CT molecular complexity index is 813. The van der Waals surface area contributed by atoms with Gasteiger partial charge in [0.1, 0.15) is 5.82 Å². The van der Waals surface area contributed by atoms with E-state index in [1.807, 2.05) is 9.80 Å². The quantitative estimate of drug-likeness (QED) is 0.823. The molecule has 0 saturated carbocycles. The fraction of sp³-hybridized carbons (Fsp3) is 0.389. The number of ketones is 1. The van der Waals surface area contributed by atoms with Crippen molar-refractivity contribution in [1.82, 2.24) is 10.1 Å². The molecule has 138 valence electrons. The minimum Gasteiger partial charge on any atom is -0.367 e. The van der Waals surface area contributed by atoms with Gasteiger partial charge in [-0.1, -0.05) is 5.16 Å². The highest BCUT2D eigenvalue weighted by Gasteiger charge is 2.22. The zero-order valence-corrected chi connectivity index (χ0v) is 14.8. The van der Waals surface area contributed by atoms with Gasteiger partial charge >= 0.3 is 0 Å². The third-order valence-electron chi connectivity index (χ3n) is 4.32. The molecule has 1 aromatic heterocycles. The number of piperazine rings is 1. The molecule has 7 nitrogen and oxygen atoms in total. The van der Waals surface area contributed by atoms with Gasteiger partial charge in [-0.2, -0.15) is 0 Å². The fourth-order valence-electron chi connectivity index (χ4n) is 2.93. The first-order valence-corrected chi connectivity index (χ1v) is 8.43. The number of carbonyl (C=O) groups excluding carboxylic acids is 2. The van der Waals surface area contributed by atoms with Crippen LogP contribution in [0.5, 0.6) is 0 Å². The summed E-state index contributed by atoms with van der Waals surface area (Å²) in [5.74, 6) is -0.400. The van der Waals surface area contributed by atoms with Crippen molar-refractivity contribution < 1.29 is 18.5 Å². The second kappa shape index (κ2) is 7.65. The minimum atomic E-state index is -0.399. The summed E-state index contributed by atoms with van der Waals surface area (Å²) < 4.78 is 19.2. The second-order valence-electron chi connectivity index (χ2n) is 6.37. The molecule has 0 unspecified atom stereocenters. The normalized spacial score (nSPS) is 15.1. The second-order valence-corrected chi connectivity index (χ2v) is 6.37. The molecule has 1 saturated heterocycles. The van der Waals surface area contributed by atoms with Gasteiger partial charge in [0.2, 0.25) is 11.8 Å². The first kappa shape index (κ1) is 18.1. The Kier molecular flexibility index (Phi) is 5.32. The average molecular weight is 360 g/mol.